The van der Waals surface area contributed by atoms with Gasteiger partial charge in [0.05, 0.1) is 0 Å². The van der Waals surface area contributed by atoms with Gasteiger partial charge in [-0.25, -0.2) is 0 Å². The number of likely N-dealkylation sites (tertiary alicyclic amines) is 1. The molecule has 0 radical (unpaired) electrons. The first kappa shape index (κ1) is 21.2. The topological polar surface area (TPSA) is 39.7 Å². The van der Waals surface area contributed by atoms with Crippen LogP contribution in [0.2, 0.25) is 0 Å². The number of guanidine groups is 1. The lowest BCUT2D eigenvalue weighted by molar-refractivity contribution is 0.220. The molecule has 1 unspecified atom stereocenters. The zero-order valence-corrected chi connectivity index (χ0v) is 17.8. The molecule has 1 saturated heterocycles. The Hall–Kier alpha value is -0.820. The molecule has 1 aromatic rings. The van der Waals surface area contributed by atoms with Gasteiger partial charge in [0.15, 0.2) is 5.96 Å². The van der Waals surface area contributed by atoms with Crippen molar-refractivity contribution in [1.82, 2.24) is 15.5 Å². The average molecular weight is 444 g/mol. The minimum absolute atomic E-state index is 0. The maximum Gasteiger partial charge on any atom is 0.191 e. The lowest BCUT2D eigenvalue weighted by Crippen LogP contribution is -2.43. The van der Waals surface area contributed by atoms with E-state index in [1.54, 1.807) is 0 Å². The molecule has 2 N–H and O–H groups in total. The van der Waals surface area contributed by atoms with Gasteiger partial charge in [0.2, 0.25) is 0 Å². The third kappa shape index (κ3) is 6.97. The van der Waals surface area contributed by atoms with Crippen LogP contribution >= 0.6 is 24.0 Å². The summed E-state index contributed by atoms with van der Waals surface area (Å²) >= 11 is 0. The standard InChI is InChI=1S/C19H32N4.HI/c1-15-5-7-18(8-6-15)16(2)13-21-19(20-3)22-14-17-9-11-23(4)12-10-17;/h5-8,16-17H,9-14H2,1-4H3,(H2,20,21,22);1H. The zero-order chi connectivity index (χ0) is 16.7. The van der Waals surface area contributed by atoms with E-state index in [9.17, 15) is 0 Å². The van der Waals surface area contributed by atoms with Crippen molar-refractivity contribution in [2.75, 3.05) is 40.3 Å². The third-order valence-electron chi connectivity index (χ3n) is 4.84. The number of aryl methyl sites for hydroxylation is 1. The zero-order valence-electron chi connectivity index (χ0n) is 15.5. The second-order valence-corrected chi connectivity index (χ2v) is 6.89. The predicted octanol–water partition coefficient (Wildman–Crippen LogP) is 3.22. The first-order valence-corrected chi connectivity index (χ1v) is 8.78. The first-order valence-electron chi connectivity index (χ1n) is 8.78. The first-order chi connectivity index (χ1) is 11.1. The minimum Gasteiger partial charge on any atom is -0.356 e. The summed E-state index contributed by atoms with van der Waals surface area (Å²) in [6.45, 7) is 8.72. The molecule has 1 aromatic carbocycles. The largest absolute Gasteiger partial charge is 0.356 e. The lowest BCUT2D eigenvalue weighted by Gasteiger charge is -2.29. The van der Waals surface area contributed by atoms with Crippen molar-refractivity contribution in [3.8, 4) is 0 Å². The van der Waals surface area contributed by atoms with Gasteiger partial charge in [-0.3, -0.25) is 4.99 Å². The molecule has 0 aliphatic carbocycles. The van der Waals surface area contributed by atoms with Gasteiger partial charge in [-0.2, -0.15) is 0 Å². The van der Waals surface area contributed by atoms with Gasteiger partial charge in [0, 0.05) is 20.1 Å². The molecule has 136 valence electrons. The van der Waals surface area contributed by atoms with Crippen LogP contribution in [0.15, 0.2) is 29.3 Å². The Bertz CT molecular complexity index is 493. The van der Waals surface area contributed by atoms with E-state index in [4.69, 9.17) is 0 Å². The number of benzene rings is 1. The van der Waals surface area contributed by atoms with Gasteiger partial charge < -0.3 is 15.5 Å². The maximum atomic E-state index is 4.35. The number of aliphatic imine (C=N–C) groups is 1. The van der Waals surface area contributed by atoms with Crippen LogP contribution in [0, 0.1) is 12.8 Å². The van der Waals surface area contributed by atoms with Crippen molar-refractivity contribution < 1.29 is 0 Å². The summed E-state index contributed by atoms with van der Waals surface area (Å²) in [6, 6.07) is 8.80. The summed E-state index contributed by atoms with van der Waals surface area (Å²) < 4.78 is 0. The molecule has 1 aliphatic heterocycles. The number of nitrogens with one attached hydrogen (secondary N) is 2. The predicted molar refractivity (Wildman–Crippen MR) is 115 cm³/mol. The summed E-state index contributed by atoms with van der Waals surface area (Å²) in [7, 11) is 4.05. The van der Waals surface area contributed by atoms with Crippen LogP contribution in [-0.2, 0) is 0 Å². The fourth-order valence-electron chi connectivity index (χ4n) is 2.99. The van der Waals surface area contributed by atoms with Crippen molar-refractivity contribution in [2.24, 2.45) is 10.9 Å². The van der Waals surface area contributed by atoms with Crippen molar-refractivity contribution in [3.63, 3.8) is 0 Å². The summed E-state index contributed by atoms with van der Waals surface area (Å²) in [5.41, 5.74) is 2.68. The molecule has 0 bridgehead atoms. The molecule has 1 aliphatic rings. The van der Waals surface area contributed by atoms with E-state index in [1.807, 2.05) is 7.05 Å². The van der Waals surface area contributed by atoms with Gasteiger partial charge in [0.1, 0.15) is 0 Å². The molecule has 1 heterocycles. The quantitative estimate of drug-likeness (QED) is 0.416. The SMILES string of the molecule is CN=C(NCC1CCN(C)CC1)NCC(C)c1ccc(C)cc1.I. The number of rotatable bonds is 5. The molecule has 0 amide bonds. The van der Waals surface area contributed by atoms with Gasteiger partial charge in [0.25, 0.3) is 0 Å². The molecule has 5 heteroatoms. The maximum absolute atomic E-state index is 4.35. The Balaban J connectivity index is 0.00000288. The van der Waals surface area contributed by atoms with Crippen molar-refractivity contribution in [1.29, 1.82) is 0 Å². The van der Waals surface area contributed by atoms with Gasteiger partial charge >= 0.3 is 0 Å². The van der Waals surface area contributed by atoms with Crippen LogP contribution in [0.5, 0.6) is 0 Å². The molecule has 1 atom stereocenters. The normalized spacial score (nSPS) is 17.9. The smallest absolute Gasteiger partial charge is 0.191 e. The monoisotopic (exact) mass is 444 g/mol. The molecule has 0 saturated carbocycles. The number of halogens is 1. The van der Waals surface area contributed by atoms with Crippen LogP contribution in [0.1, 0.15) is 36.8 Å². The number of piperidine rings is 1. The molecule has 24 heavy (non-hydrogen) atoms. The summed E-state index contributed by atoms with van der Waals surface area (Å²) in [4.78, 5) is 6.76. The highest BCUT2D eigenvalue weighted by molar-refractivity contribution is 14.0. The van der Waals surface area contributed by atoms with Gasteiger partial charge in [-0.15, -0.1) is 24.0 Å². The van der Waals surface area contributed by atoms with Crippen molar-refractivity contribution in [3.05, 3.63) is 35.4 Å². The summed E-state index contributed by atoms with van der Waals surface area (Å²) in [5.74, 6) is 2.15. The lowest BCUT2D eigenvalue weighted by atomic mass is 9.97. The highest BCUT2D eigenvalue weighted by Gasteiger charge is 2.16. The Morgan fingerprint density at radius 3 is 2.42 bits per heavy atom. The molecule has 4 nitrogen and oxygen atoms in total. The Morgan fingerprint density at radius 2 is 1.83 bits per heavy atom. The second kappa shape index (κ2) is 10.9. The van der Waals surface area contributed by atoms with E-state index < -0.39 is 0 Å². The van der Waals surface area contributed by atoms with E-state index in [0.717, 1.165) is 25.0 Å². The van der Waals surface area contributed by atoms with Crippen molar-refractivity contribution in [2.45, 2.75) is 32.6 Å². The summed E-state index contributed by atoms with van der Waals surface area (Å²) in [6.07, 6.45) is 2.56. The third-order valence-corrected chi connectivity index (χ3v) is 4.84. The van der Waals surface area contributed by atoms with Gasteiger partial charge in [-0.1, -0.05) is 36.8 Å². The van der Waals surface area contributed by atoms with Crippen LogP contribution in [0.3, 0.4) is 0 Å². The molecule has 2 rings (SSSR count). The molecule has 1 fully saturated rings. The molecule has 0 aromatic heterocycles. The van der Waals surface area contributed by atoms with Crippen LogP contribution < -0.4 is 10.6 Å². The number of hydrogen-bond donors (Lipinski definition) is 2. The Morgan fingerprint density at radius 1 is 1.21 bits per heavy atom. The molecule has 0 spiro atoms. The Labute approximate surface area is 164 Å². The van der Waals surface area contributed by atoms with E-state index in [-0.39, 0.29) is 24.0 Å². The highest BCUT2D eigenvalue weighted by Crippen LogP contribution is 2.15. The van der Waals surface area contributed by atoms with Crippen LogP contribution in [0.25, 0.3) is 0 Å². The molecular formula is C19H33IN4. The van der Waals surface area contributed by atoms with Crippen LogP contribution in [0.4, 0.5) is 0 Å². The molecular weight excluding hydrogens is 411 g/mol. The highest BCUT2D eigenvalue weighted by atomic mass is 127. The fraction of sp³-hybridized carbons (Fsp3) is 0.632. The van der Waals surface area contributed by atoms with E-state index in [2.05, 4.69) is 65.7 Å². The average Bonchev–Trinajstić information content (AvgIpc) is 2.57. The second-order valence-electron chi connectivity index (χ2n) is 6.89. The Kier molecular flexibility index (Phi) is 9.66. The van der Waals surface area contributed by atoms with E-state index in [0.29, 0.717) is 5.92 Å². The number of hydrogen-bond acceptors (Lipinski definition) is 2. The van der Waals surface area contributed by atoms with E-state index in [1.165, 1.54) is 37.1 Å². The van der Waals surface area contributed by atoms with Crippen LogP contribution in [-0.4, -0.2) is 51.1 Å². The fourth-order valence-corrected chi connectivity index (χ4v) is 2.99. The minimum atomic E-state index is 0. The van der Waals surface area contributed by atoms with Gasteiger partial charge in [-0.05, 0) is 57.3 Å². The number of nitrogens with zero attached hydrogens (tertiary/aromatic N) is 2. The summed E-state index contributed by atoms with van der Waals surface area (Å²) in [5, 5.41) is 6.95. The van der Waals surface area contributed by atoms with E-state index >= 15 is 0 Å². The van der Waals surface area contributed by atoms with Crippen molar-refractivity contribution >= 4 is 29.9 Å².